The summed E-state index contributed by atoms with van der Waals surface area (Å²) in [6, 6.07) is 3.36. The Bertz CT molecular complexity index is 633. The Morgan fingerprint density at radius 2 is 1.63 bits per heavy atom. The van der Waals surface area contributed by atoms with Gasteiger partial charge in [-0.2, -0.15) is 0 Å². The normalized spacial score (nSPS) is 14.7. The molecule has 1 aliphatic rings. The summed E-state index contributed by atoms with van der Waals surface area (Å²) in [5, 5.41) is 0.206. The Labute approximate surface area is 112 Å². The van der Waals surface area contributed by atoms with Gasteiger partial charge >= 0.3 is 0 Å². The number of nitrogens with zero attached hydrogens (tertiary/aromatic N) is 2. The Morgan fingerprint density at radius 3 is 2.21 bits per heavy atom. The standard InChI is InChI=1S/C13H8ClF3N2/c14-11-5-10(6-1-2-6)18-13(19-11)7-3-8(15)12(17)9(16)4-7/h3-6H,1-2H2. The van der Waals surface area contributed by atoms with Crippen LogP contribution in [0.2, 0.25) is 5.15 Å². The first-order chi connectivity index (χ1) is 9.04. The van der Waals surface area contributed by atoms with Crippen molar-refractivity contribution >= 4 is 11.6 Å². The van der Waals surface area contributed by atoms with Crippen LogP contribution in [0.5, 0.6) is 0 Å². The third-order valence-corrected chi connectivity index (χ3v) is 3.15. The molecule has 1 aromatic heterocycles. The average molecular weight is 285 g/mol. The van der Waals surface area contributed by atoms with E-state index in [2.05, 4.69) is 9.97 Å². The largest absolute Gasteiger partial charge is 0.233 e. The highest BCUT2D eigenvalue weighted by atomic mass is 35.5. The van der Waals surface area contributed by atoms with Gasteiger partial charge < -0.3 is 0 Å². The van der Waals surface area contributed by atoms with Gasteiger partial charge in [0.15, 0.2) is 23.3 Å². The van der Waals surface area contributed by atoms with E-state index in [0.29, 0.717) is 5.92 Å². The second kappa shape index (κ2) is 4.49. The van der Waals surface area contributed by atoms with E-state index in [1.165, 1.54) is 0 Å². The fourth-order valence-electron chi connectivity index (χ4n) is 1.84. The van der Waals surface area contributed by atoms with Crippen LogP contribution in [-0.4, -0.2) is 9.97 Å². The lowest BCUT2D eigenvalue weighted by Gasteiger charge is -2.05. The third-order valence-electron chi connectivity index (χ3n) is 2.95. The summed E-state index contributed by atoms with van der Waals surface area (Å²) in [6.45, 7) is 0. The lowest BCUT2D eigenvalue weighted by atomic mass is 10.2. The van der Waals surface area contributed by atoms with Crippen LogP contribution in [0.25, 0.3) is 11.4 Å². The summed E-state index contributed by atoms with van der Waals surface area (Å²) in [5.41, 5.74) is 0.820. The van der Waals surface area contributed by atoms with Gasteiger partial charge in [0.1, 0.15) is 5.15 Å². The maximum absolute atomic E-state index is 13.2. The van der Waals surface area contributed by atoms with Crippen LogP contribution in [0, 0.1) is 17.5 Å². The minimum atomic E-state index is -1.51. The van der Waals surface area contributed by atoms with Crippen LogP contribution in [0.1, 0.15) is 24.5 Å². The molecule has 0 radical (unpaired) electrons. The summed E-state index contributed by atoms with van der Waals surface area (Å²) in [5.74, 6) is -3.62. The molecule has 0 N–H and O–H groups in total. The zero-order valence-electron chi connectivity index (χ0n) is 9.63. The van der Waals surface area contributed by atoms with Crippen molar-refractivity contribution in [3.8, 4) is 11.4 Å². The fraction of sp³-hybridized carbons (Fsp3) is 0.231. The van der Waals surface area contributed by atoms with Crippen molar-refractivity contribution in [1.29, 1.82) is 0 Å². The van der Waals surface area contributed by atoms with Crippen molar-refractivity contribution < 1.29 is 13.2 Å². The molecule has 0 aliphatic heterocycles. The summed E-state index contributed by atoms with van der Waals surface area (Å²) in [7, 11) is 0. The second-order valence-electron chi connectivity index (χ2n) is 4.47. The van der Waals surface area contributed by atoms with Gasteiger partial charge in [0.2, 0.25) is 0 Å². The summed E-state index contributed by atoms with van der Waals surface area (Å²) < 4.78 is 39.3. The topological polar surface area (TPSA) is 25.8 Å². The molecule has 2 aromatic rings. The summed E-state index contributed by atoms with van der Waals surface area (Å²) in [6.07, 6.45) is 2.03. The quantitative estimate of drug-likeness (QED) is 0.613. The number of halogens is 4. The molecular formula is C13H8ClF3N2. The van der Waals surface area contributed by atoms with E-state index in [0.717, 1.165) is 30.7 Å². The van der Waals surface area contributed by atoms with Crippen molar-refractivity contribution in [3.05, 3.63) is 46.5 Å². The predicted octanol–water partition coefficient (Wildman–Crippen LogP) is 4.09. The van der Waals surface area contributed by atoms with Gasteiger partial charge in [-0.05, 0) is 31.0 Å². The van der Waals surface area contributed by atoms with Gasteiger partial charge in [-0.15, -0.1) is 0 Å². The Morgan fingerprint density at radius 1 is 1.00 bits per heavy atom. The lowest BCUT2D eigenvalue weighted by molar-refractivity contribution is 0.447. The first-order valence-corrected chi connectivity index (χ1v) is 6.12. The lowest BCUT2D eigenvalue weighted by Crippen LogP contribution is -1.98. The number of benzene rings is 1. The smallest absolute Gasteiger partial charge is 0.194 e. The highest BCUT2D eigenvalue weighted by molar-refractivity contribution is 6.29. The molecule has 0 spiro atoms. The highest BCUT2D eigenvalue weighted by Crippen LogP contribution is 2.40. The van der Waals surface area contributed by atoms with Crippen LogP contribution in [0.4, 0.5) is 13.2 Å². The van der Waals surface area contributed by atoms with Gasteiger partial charge in [0.25, 0.3) is 0 Å². The molecule has 0 amide bonds. The van der Waals surface area contributed by atoms with Crippen LogP contribution < -0.4 is 0 Å². The van der Waals surface area contributed by atoms with E-state index < -0.39 is 17.5 Å². The molecule has 1 heterocycles. The van der Waals surface area contributed by atoms with E-state index in [1.54, 1.807) is 6.07 Å². The molecule has 3 rings (SSSR count). The van der Waals surface area contributed by atoms with Gasteiger partial charge in [0, 0.05) is 17.2 Å². The Kier molecular flexibility index (Phi) is 2.93. The molecule has 6 heteroatoms. The van der Waals surface area contributed by atoms with Crippen molar-refractivity contribution in [2.75, 3.05) is 0 Å². The Balaban J connectivity index is 2.11. The number of aromatic nitrogens is 2. The van der Waals surface area contributed by atoms with Gasteiger partial charge in [-0.25, -0.2) is 23.1 Å². The molecule has 2 nitrogen and oxygen atoms in total. The molecule has 0 atom stereocenters. The number of hydrogen-bond acceptors (Lipinski definition) is 2. The minimum absolute atomic E-state index is 0.0702. The SMILES string of the molecule is Fc1cc(-c2nc(Cl)cc(C3CC3)n2)cc(F)c1F. The van der Waals surface area contributed by atoms with E-state index in [9.17, 15) is 13.2 Å². The number of hydrogen-bond donors (Lipinski definition) is 0. The van der Waals surface area contributed by atoms with Crippen LogP contribution in [0.15, 0.2) is 18.2 Å². The van der Waals surface area contributed by atoms with E-state index in [-0.39, 0.29) is 16.5 Å². The average Bonchev–Trinajstić information content (AvgIpc) is 3.18. The first-order valence-electron chi connectivity index (χ1n) is 5.74. The van der Waals surface area contributed by atoms with Crippen molar-refractivity contribution in [1.82, 2.24) is 9.97 Å². The molecule has 19 heavy (non-hydrogen) atoms. The summed E-state index contributed by atoms with van der Waals surface area (Å²) >= 11 is 5.87. The molecule has 98 valence electrons. The molecule has 1 fully saturated rings. The van der Waals surface area contributed by atoms with Gasteiger partial charge in [-0.3, -0.25) is 0 Å². The molecule has 0 saturated heterocycles. The van der Waals surface area contributed by atoms with Crippen LogP contribution in [-0.2, 0) is 0 Å². The van der Waals surface area contributed by atoms with Crippen molar-refractivity contribution in [3.63, 3.8) is 0 Å². The van der Waals surface area contributed by atoms with E-state index >= 15 is 0 Å². The first kappa shape index (κ1) is 12.4. The van der Waals surface area contributed by atoms with Crippen LogP contribution >= 0.6 is 11.6 Å². The fourth-order valence-corrected chi connectivity index (χ4v) is 2.03. The third kappa shape index (κ3) is 2.42. The second-order valence-corrected chi connectivity index (χ2v) is 4.85. The minimum Gasteiger partial charge on any atom is -0.233 e. The highest BCUT2D eigenvalue weighted by Gasteiger charge is 2.26. The predicted molar refractivity (Wildman–Crippen MR) is 64.3 cm³/mol. The zero-order chi connectivity index (χ0) is 13.6. The van der Waals surface area contributed by atoms with E-state index in [1.807, 2.05) is 0 Å². The number of rotatable bonds is 2. The molecule has 0 unspecified atom stereocenters. The zero-order valence-corrected chi connectivity index (χ0v) is 10.4. The Hall–Kier alpha value is -1.62. The van der Waals surface area contributed by atoms with Crippen molar-refractivity contribution in [2.45, 2.75) is 18.8 Å². The molecule has 1 aliphatic carbocycles. The van der Waals surface area contributed by atoms with E-state index in [4.69, 9.17) is 11.6 Å². The van der Waals surface area contributed by atoms with Crippen molar-refractivity contribution in [2.24, 2.45) is 0 Å². The molecule has 1 saturated carbocycles. The maximum atomic E-state index is 13.2. The molecule has 0 bridgehead atoms. The molecular weight excluding hydrogens is 277 g/mol. The van der Waals surface area contributed by atoms with Gasteiger partial charge in [-0.1, -0.05) is 11.6 Å². The summed E-state index contributed by atoms with van der Waals surface area (Å²) in [4.78, 5) is 8.15. The van der Waals surface area contributed by atoms with Crippen LogP contribution in [0.3, 0.4) is 0 Å². The molecule has 1 aromatic carbocycles. The monoisotopic (exact) mass is 284 g/mol. The maximum Gasteiger partial charge on any atom is 0.194 e. The van der Waals surface area contributed by atoms with Gasteiger partial charge in [0.05, 0.1) is 0 Å².